The molecule has 2 fully saturated rings. The standard InChI is InChI=1S/C18H24N2O4/c1-18(2,3)24-17(23)20-10-13(16(21)22)15-14(20)11-19(15)9-12-7-5-4-6-8-12/h4-8,13-15H,9-11H2,1-3H3,(H,21,22)/t13?,14-,15-/m0/s1. The topological polar surface area (TPSA) is 70.1 Å². The second kappa shape index (κ2) is 6.09. The molecule has 0 spiro atoms. The van der Waals surface area contributed by atoms with Gasteiger partial charge in [-0.25, -0.2) is 4.79 Å². The summed E-state index contributed by atoms with van der Waals surface area (Å²) in [4.78, 5) is 27.7. The van der Waals surface area contributed by atoms with E-state index in [1.54, 1.807) is 4.90 Å². The summed E-state index contributed by atoms with van der Waals surface area (Å²) in [6.07, 6.45) is -0.416. The van der Waals surface area contributed by atoms with Crippen LogP contribution in [0.5, 0.6) is 0 Å². The molecular weight excluding hydrogens is 308 g/mol. The van der Waals surface area contributed by atoms with Gasteiger partial charge in [-0.15, -0.1) is 0 Å². The number of amides is 1. The van der Waals surface area contributed by atoms with Gasteiger partial charge >= 0.3 is 12.1 Å². The van der Waals surface area contributed by atoms with E-state index in [9.17, 15) is 14.7 Å². The van der Waals surface area contributed by atoms with E-state index in [1.807, 2.05) is 51.1 Å². The van der Waals surface area contributed by atoms with Gasteiger partial charge in [-0.1, -0.05) is 30.3 Å². The van der Waals surface area contributed by atoms with Gasteiger partial charge in [-0.2, -0.15) is 0 Å². The van der Waals surface area contributed by atoms with Crippen LogP contribution in [0.1, 0.15) is 26.3 Å². The zero-order valence-corrected chi connectivity index (χ0v) is 14.3. The molecule has 2 aliphatic heterocycles. The Kier molecular flexibility index (Phi) is 4.25. The van der Waals surface area contributed by atoms with Crippen molar-refractivity contribution in [2.24, 2.45) is 5.92 Å². The number of likely N-dealkylation sites (tertiary alicyclic amines) is 2. The minimum Gasteiger partial charge on any atom is -0.481 e. The zero-order chi connectivity index (χ0) is 17.5. The van der Waals surface area contributed by atoms with Crippen LogP contribution in [0.25, 0.3) is 0 Å². The van der Waals surface area contributed by atoms with Crippen molar-refractivity contribution in [3.63, 3.8) is 0 Å². The van der Waals surface area contributed by atoms with Crippen LogP contribution in [0.3, 0.4) is 0 Å². The molecule has 1 unspecified atom stereocenters. The van der Waals surface area contributed by atoms with Gasteiger partial charge in [0.15, 0.2) is 0 Å². The Balaban J connectivity index is 1.71. The highest BCUT2D eigenvalue weighted by Crippen LogP contribution is 2.38. The van der Waals surface area contributed by atoms with Crippen LogP contribution in [0.4, 0.5) is 4.79 Å². The Morgan fingerprint density at radius 1 is 1.21 bits per heavy atom. The number of carbonyl (C=O) groups excluding carboxylic acids is 1. The molecule has 2 aliphatic rings. The first-order valence-electron chi connectivity index (χ1n) is 8.26. The van der Waals surface area contributed by atoms with Crippen LogP contribution >= 0.6 is 0 Å². The van der Waals surface area contributed by atoms with Crippen LogP contribution in [-0.4, -0.2) is 57.7 Å². The molecule has 2 heterocycles. The average Bonchev–Trinajstić information content (AvgIpc) is 2.77. The lowest BCUT2D eigenvalue weighted by atomic mass is 9.89. The monoisotopic (exact) mass is 332 g/mol. The van der Waals surface area contributed by atoms with Crippen molar-refractivity contribution in [3.05, 3.63) is 35.9 Å². The predicted molar refractivity (Wildman–Crippen MR) is 88.5 cm³/mol. The minimum atomic E-state index is -0.853. The van der Waals surface area contributed by atoms with Gasteiger partial charge in [-0.05, 0) is 26.3 Å². The Morgan fingerprint density at radius 3 is 2.46 bits per heavy atom. The van der Waals surface area contributed by atoms with E-state index >= 15 is 0 Å². The average molecular weight is 332 g/mol. The van der Waals surface area contributed by atoms with Crippen molar-refractivity contribution in [2.75, 3.05) is 13.1 Å². The molecule has 1 amide bonds. The molecule has 0 saturated carbocycles. The van der Waals surface area contributed by atoms with E-state index in [2.05, 4.69) is 4.90 Å². The highest BCUT2D eigenvalue weighted by Gasteiger charge is 2.57. The van der Waals surface area contributed by atoms with Crippen LogP contribution in [0.2, 0.25) is 0 Å². The van der Waals surface area contributed by atoms with Gasteiger partial charge in [0.25, 0.3) is 0 Å². The third-order valence-electron chi connectivity index (χ3n) is 4.62. The SMILES string of the molecule is CC(C)(C)OC(=O)N1CC(C(=O)O)[C@H]2[C@@H]1CN2Cc1ccccc1. The first kappa shape index (κ1) is 16.8. The van der Waals surface area contributed by atoms with E-state index in [0.29, 0.717) is 13.1 Å². The molecule has 1 aromatic rings. The quantitative estimate of drug-likeness (QED) is 0.919. The van der Waals surface area contributed by atoms with Crippen LogP contribution in [0, 0.1) is 5.92 Å². The molecule has 6 heteroatoms. The van der Waals surface area contributed by atoms with Gasteiger partial charge in [0.05, 0.1) is 12.0 Å². The van der Waals surface area contributed by atoms with Gasteiger partial charge in [0.1, 0.15) is 5.60 Å². The van der Waals surface area contributed by atoms with Crippen LogP contribution < -0.4 is 0 Å². The maximum atomic E-state index is 12.4. The molecule has 0 aliphatic carbocycles. The van der Waals surface area contributed by atoms with E-state index in [0.717, 1.165) is 5.56 Å². The molecular formula is C18H24N2O4. The van der Waals surface area contributed by atoms with Gasteiger partial charge < -0.3 is 14.7 Å². The summed E-state index contributed by atoms with van der Waals surface area (Å²) < 4.78 is 5.43. The molecule has 130 valence electrons. The molecule has 2 saturated heterocycles. The van der Waals surface area contributed by atoms with Crippen molar-refractivity contribution in [1.29, 1.82) is 0 Å². The molecule has 0 aromatic heterocycles. The fourth-order valence-electron chi connectivity index (χ4n) is 3.58. The number of carboxylic acid groups (broad SMARTS) is 1. The lowest BCUT2D eigenvalue weighted by Gasteiger charge is -2.47. The maximum Gasteiger partial charge on any atom is 0.410 e. The van der Waals surface area contributed by atoms with Gasteiger partial charge in [0, 0.05) is 25.7 Å². The van der Waals surface area contributed by atoms with Crippen molar-refractivity contribution in [2.45, 2.75) is 45.0 Å². The number of hydrogen-bond donors (Lipinski definition) is 1. The number of fused-ring (bicyclic) bond motifs is 1. The van der Waals surface area contributed by atoms with Crippen molar-refractivity contribution >= 4 is 12.1 Å². The first-order valence-corrected chi connectivity index (χ1v) is 8.26. The Hall–Kier alpha value is -2.08. The molecule has 0 radical (unpaired) electrons. The van der Waals surface area contributed by atoms with Crippen LogP contribution in [0.15, 0.2) is 30.3 Å². The summed E-state index contributed by atoms with van der Waals surface area (Å²) in [5, 5.41) is 9.55. The van der Waals surface area contributed by atoms with E-state index in [1.165, 1.54) is 0 Å². The molecule has 1 N–H and O–H groups in total. The molecule has 6 nitrogen and oxygen atoms in total. The van der Waals surface area contributed by atoms with E-state index < -0.39 is 23.6 Å². The molecule has 0 bridgehead atoms. The zero-order valence-electron chi connectivity index (χ0n) is 14.3. The number of rotatable bonds is 3. The summed E-state index contributed by atoms with van der Waals surface area (Å²) in [7, 11) is 0. The molecule has 3 atom stereocenters. The number of ether oxygens (including phenoxy) is 1. The summed E-state index contributed by atoms with van der Waals surface area (Å²) in [5.74, 6) is -1.42. The smallest absolute Gasteiger partial charge is 0.410 e. The van der Waals surface area contributed by atoms with E-state index in [4.69, 9.17) is 4.74 Å². The minimum absolute atomic E-state index is 0.0790. The van der Waals surface area contributed by atoms with Crippen molar-refractivity contribution in [3.8, 4) is 0 Å². The molecule has 3 rings (SSSR count). The third kappa shape index (κ3) is 3.24. The largest absolute Gasteiger partial charge is 0.481 e. The Morgan fingerprint density at radius 2 is 1.88 bits per heavy atom. The fraction of sp³-hybridized carbons (Fsp3) is 0.556. The number of carbonyl (C=O) groups is 2. The van der Waals surface area contributed by atoms with Gasteiger partial charge in [0.2, 0.25) is 0 Å². The lowest BCUT2D eigenvalue weighted by Crippen LogP contribution is -2.64. The first-order chi connectivity index (χ1) is 11.3. The lowest BCUT2D eigenvalue weighted by molar-refractivity contribution is -0.144. The number of benzene rings is 1. The number of hydrogen-bond acceptors (Lipinski definition) is 4. The van der Waals surface area contributed by atoms with Crippen molar-refractivity contribution in [1.82, 2.24) is 9.80 Å². The van der Waals surface area contributed by atoms with Crippen LogP contribution in [-0.2, 0) is 16.1 Å². The number of carboxylic acids is 1. The summed E-state index contributed by atoms with van der Waals surface area (Å²) in [6, 6.07) is 9.75. The summed E-state index contributed by atoms with van der Waals surface area (Å²) in [5.41, 5.74) is 0.567. The second-order valence-electron chi connectivity index (χ2n) is 7.55. The highest BCUT2D eigenvalue weighted by atomic mass is 16.6. The molecule has 1 aromatic carbocycles. The van der Waals surface area contributed by atoms with Crippen molar-refractivity contribution < 1.29 is 19.4 Å². The third-order valence-corrected chi connectivity index (χ3v) is 4.62. The van der Waals surface area contributed by atoms with E-state index in [-0.39, 0.29) is 18.6 Å². The fourth-order valence-corrected chi connectivity index (χ4v) is 3.58. The second-order valence-corrected chi connectivity index (χ2v) is 7.55. The maximum absolute atomic E-state index is 12.4. The molecule has 24 heavy (non-hydrogen) atoms. The summed E-state index contributed by atoms with van der Waals surface area (Å²) >= 11 is 0. The van der Waals surface area contributed by atoms with Gasteiger partial charge in [-0.3, -0.25) is 9.69 Å². The predicted octanol–water partition coefficient (Wildman–Crippen LogP) is 2.19. The summed E-state index contributed by atoms with van der Waals surface area (Å²) in [6.45, 7) is 7.04. The number of nitrogens with zero attached hydrogens (tertiary/aromatic N) is 2. The number of aliphatic carboxylic acids is 1. The highest BCUT2D eigenvalue weighted by molar-refractivity contribution is 5.76. The normalized spacial score (nSPS) is 26.6. The Labute approximate surface area is 142 Å². The Bertz CT molecular complexity index is 626.